The standard InChI is InChI=1S/C13H8F4N2O2/c14-10-2-1-8(13(15,16)17)6-9(10)7-3-4-18-11(5-7)19-12(20)21/h1-6H,(H,18,19)(H,20,21). The van der Waals surface area contributed by atoms with Gasteiger partial charge in [0.25, 0.3) is 0 Å². The van der Waals surface area contributed by atoms with E-state index >= 15 is 0 Å². The molecule has 0 atom stereocenters. The molecule has 1 heterocycles. The Bertz CT molecular complexity index is 686. The number of alkyl halides is 3. The van der Waals surface area contributed by atoms with Crippen molar-refractivity contribution in [3.63, 3.8) is 0 Å². The van der Waals surface area contributed by atoms with Gasteiger partial charge in [-0.15, -0.1) is 0 Å². The number of amides is 1. The van der Waals surface area contributed by atoms with Crippen molar-refractivity contribution in [1.82, 2.24) is 4.98 Å². The number of nitrogens with one attached hydrogen (secondary N) is 1. The van der Waals surface area contributed by atoms with Gasteiger partial charge in [0.15, 0.2) is 0 Å². The van der Waals surface area contributed by atoms with Crippen LogP contribution in [0.1, 0.15) is 5.56 Å². The van der Waals surface area contributed by atoms with Crippen molar-refractivity contribution in [3.8, 4) is 11.1 Å². The Hall–Kier alpha value is -2.64. The monoisotopic (exact) mass is 300 g/mol. The van der Waals surface area contributed by atoms with Gasteiger partial charge >= 0.3 is 12.3 Å². The Balaban J connectivity index is 2.48. The highest BCUT2D eigenvalue weighted by Gasteiger charge is 2.31. The molecule has 0 aliphatic heterocycles. The van der Waals surface area contributed by atoms with E-state index in [9.17, 15) is 22.4 Å². The molecule has 2 aromatic rings. The molecule has 0 fully saturated rings. The predicted molar refractivity (Wildman–Crippen MR) is 66.3 cm³/mol. The highest BCUT2D eigenvalue weighted by molar-refractivity contribution is 5.82. The molecule has 2 rings (SSSR count). The minimum Gasteiger partial charge on any atom is -0.465 e. The molecule has 1 aromatic carbocycles. The Morgan fingerprint density at radius 3 is 2.52 bits per heavy atom. The fraction of sp³-hybridized carbons (Fsp3) is 0.0769. The van der Waals surface area contributed by atoms with Crippen LogP contribution in [0, 0.1) is 5.82 Å². The number of aromatic nitrogens is 1. The summed E-state index contributed by atoms with van der Waals surface area (Å²) < 4.78 is 51.6. The van der Waals surface area contributed by atoms with E-state index in [2.05, 4.69) is 4.98 Å². The second-order valence-corrected chi connectivity index (χ2v) is 4.05. The van der Waals surface area contributed by atoms with Crippen molar-refractivity contribution < 1.29 is 27.5 Å². The van der Waals surface area contributed by atoms with Crippen molar-refractivity contribution in [2.45, 2.75) is 6.18 Å². The van der Waals surface area contributed by atoms with Gasteiger partial charge in [-0.05, 0) is 35.9 Å². The lowest BCUT2D eigenvalue weighted by molar-refractivity contribution is -0.137. The van der Waals surface area contributed by atoms with E-state index in [0.717, 1.165) is 6.07 Å². The summed E-state index contributed by atoms with van der Waals surface area (Å²) in [4.78, 5) is 14.2. The third-order valence-corrected chi connectivity index (χ3v) is 2.60. The summed E-state index contributed by atoms with van der Waals surface area (Å²) in [6.07, 6.45) is -4.82. The molecule has 1 aromatic heterocycles. The van der Waals surface area contributed by atoms with Crippen LogP contribution in [0.4, 0.5) is 28.2 Å². The molecular formula is C13H8F4N2O2. The van der Waals surface area contributed by atoms with Crippen LogP contribution >= 0.6 is 0 Å². The molecule has 0 saturated carbocycles. The van der Waals surface area contributed by atoms with E-state index in [1.807, 2.05) is 5.32 Å². The molecule has 0 radical (unpaired) electrons. The average molecular weight is 300 g/mol. The first-order chi connectivity index (χ1) is 9.77. The van der Waals surface area contributed by atoms with Crippen molar-refractivity contribution in [2.75, 3.05) is 5.32 Å². The number of anilines is 1. The average Bonchev–Trinajstić information content (AvgIpc) is 2.37. The van der Waals surface area contributed by atoms with Crippen molar-refractivity contribution >= 4 is 11.9 Å². The fourth-order valence-electron chi connectivity index (χ4n) is 1.70. The number of carboxylic acid groups (broad SMARTS) is 1. The number of nitrogens with zero attached hydrogens (tertiary/aromatic N) is 1. The lowest BCUT2D eigenvalue weighted by Crippen LogP contribution is -2.08. The number of benzene rings is 1. The number of carbonyl (C=O) groups is 1. The van der Waals surface area contributed by atoms with Gasteiger partial charge in [-0.3, -0.25) is 5.32 Å². The first kappa shape index (κ1) is 14.8. The summed E-state index contributed by atoms with van der Waals surface area (Å²) in [5, 5.41) is 10.5. The van der Waals surface area contributed by atoms with Crippen molar-refractivity contribution in [2.24, 2.45) is 0 Å². The van der Waals surface area contributed by atoms with Gasteiger partial charge in [0.2, 0.25) is 0 Å². The van der Waals surface area contributed by atoms with Crippen LogP contribution in [0.25, 0.3) is 11.1 Å². The number of pyridine rings is 1. The Morgan fingerprint density at radius 1 is 1.19 bits per heavy atom. The minimum absolute atomic E-state index is 0.0809. The molecule has 8 heteroatoms. The third-order valence-electron chi connectivity index (χ3n) is 2.60. The molecule has 4 nitrogen and oxygen atoms in total. The van der Waals surface area contributed by atoms with Gasteiger partial charge in [-0.2, -0.15) is 13.2 Å². The second-order valence-electron chi connectivity index (χ2n) is 4.05. The highest BCUT2D eigenvalue weighted by atomic mass is 19.4. The first-order valence-corrected chi connectivity index (χ1v) is 5.60. The van der Waals surface area contributed by atoms with Gasteiger partial charge in [0.1, 0.15) is 11.6 Å². The molecule has 21 heavy (non-hydrogen) atoms. The zero-order valence-electron chi connectivity index (χ0n) is 10.3. The number of rotatable bonds is 2. The van der Waals surface area contributed by atoms with Crippen LogP contribution < -0.4 is 5.32 Å². The van der Waals surface area contributed by atoms with Gasteiger partial charge in [0, 0.05) is 11.8 Å². The molecule has 0 spiro atoms. The largest absolute Gasteiger partial charge is 0.465 e. The topological polar surface area (TPSA) is 62.2 Å². The van der Waals surface area contributed by atoms with E-state index in [1.54, 1.807) is 0 Å². The Morgan fingerprint density at radius 2 is 1.90 bits per heavy atom. The summed E-state index contributed by atoms with van der Waals surface area (Å²) in [5.41, 5.74) is -1.21. The number of hydrogen-bond donors (Lipinski definition) is 2. The zero-order valence-corrected chi connectivity index (χ0v) is 10.3. The summed E-state index contributed by atoms with van der Waals surface area (Å²) in [7, 11) is 0. The van der Waals surface area contributed by atoms with E-state index in [0.29, 0.717) is 18.2 Å². The third kappa shape index (κ3) is 3.47. The first-order valence-electron chi connectivity index (χ1n) is 5.60. The van der Waals surface area contributed by atoms with Gasteiger partial charge in [-0.1, -0.05) is 0 Å². The molecule has 0 bridgehead atoms. The summed E-state index contributed by atoms with van der Waals surface area (Å²) in [6.45, 7) is 0. The fourth-order valence-corrected chi connectivity index (χ4v) is 1.70. The molecule has 2 N–H and O–H groups in total. The molecule has 110 valence electrons. The summed E-state index contributed by atoms with van der Waals surface area (Å²) in [5.74, 6) is -0.965. The SMILES string of the molecule is O=C(O)Nc1cc(-c2cc(C(F)(F)F)ccc2F)ccn1. The lowest BCUT2D eigenvalue weighted by Gasteiger charge is -2.10. The molecule has 0 saturated heterocycles. The van der Waals surface area contributed by atoms with Crippen LogP contribution in [0.5, 0.6) is 0 Å². The maximum Gasteiger partial charge on any atom is 0.416 e. The quantitative estimate of drug-likeness (QED) is 0.824. The van der Waals surface area contributed by atoms with Crippen molar-refractivity contribution in [1.29, 1.82) is 0 Å². The van der Waals surface area contributed by atoms with E-state index < -0.39 is 23.7 Å². The second kappa shape index (κ2) is 5.39. The zero-order chi connectivity index (χ0) is 15.6. The van der Waals surface area contributed by atoms with E-state index in [-0.39, 0.29) is 16.9 Å². The van der Waals surface area contributed by atoms with Gasteiger partial charge < -0.3 is 5.11 Å². The Kier molecular flexibility index (Phi) is 3.79. The van der Waals surface area contributed by atoms with E-state index in [1.165, 1.54) is 12.3 Å². The maximum absolute atomic E-state index is 13.7. The Labute approximate surface area is 116 Å². The predicted octanol–water partition coefficient (Wildman–Crippen LogP) is 4.00. The number of hydrogen-bond acceptors (Lipinski definition) is 2. The van der Waals surface area contributed by atoms with Crippen molar-refractivity contribution in [3.05, 3.63) is 47.9 Å². The highest BCUT2D eigenvalue weighted by Crippen LogP contribution is 2.33. The molecule has 0 unspecified atom stereocenters. The summed E-state index contributed by atoms with van der Waals surface area (Å²) >= 11 is 0. The minimum atomic E-state index is -4.60. The molecular weight excluding hydrogens is 292 g/mol. The number of halogens is 4. The van der Waals surface area contributed by atoms with Gasteiger partial charge in [0.05, 0.1) is 5.56 Å². The van der Waals surface area contributed by atoms with Crippen LogP contribution in [0.3, 0.4) is 0 Å². The van der Waals surface area contributed by atoms with Crippen LogP contribution in [-0.4, -0.2) is 16.2 Å². The van der Waals surface area contributed by atoms with Gasteiger partial charge in [-0.25, -0.2) is 14.2 Å². The van der Waals surface area contributed by atoms with Crippen LogP contribution in [0.2, 0.25) is 0 Å². The van der Waals surface area contributed by atoms with Crippen LogP contribution in [0.15, 0.2) is 36.5 Å². The molecule has 0 aliphatic rings. The van der Waals surface area contributed by atoms with E-state index in [4.69, 9.17) is 5.11 Å². The molecule has 1 amide bonds. The lowest BCUT2D eigenvalue weighted by atomic mass is 10.0. The maximum atomic E-state index is 13.7. The smallest absolute Gasteiger partial charge is 0.416 e. The van der Waals surface area contributed by atoms with Crippen LogP contribution in [-0.2, 0) is 6.18 Å². The molecule has 0 aliphatic carbocycles. The summed E-state index contributed by atoms with van der Waals surface area (Å²) in [6, 6.07) is 4.44. The normalized spacial score (nSPS) is 11.2.